The number of amides is 1. The number of carbonyl (C=O) groups excluding carboxylic acids is 2. The van der Waals surface area contributed by atoms with Crippen molar-refractivity contribution >= 4 is 34.4 Å². The van der Waals surface area contributed by atoms with Gasteiger partial charge in [-0.2, -0.15) is 0 Å². The number of ether oxygens (including phenoxy) is 1. The number of esters is 1. The normalized spacial score (nSPS) is 14.6. The molecule has 5 heteroatoms. The van der Waals surface area contributed by atoms with Gasteiger partial charge in [0, 0.05) is 5.39 Å². The van der Waals surface area contributed by atoms with Crippen LogP contribution in [0.3, 0.4) is 0 Å². The number of hydrogen-bond acceptors (Lipinski definition) is 4. The summed E-state index contributed by atoms with van der Waals surface area (Å²) >= 11 is 0. The molecule has 0 saturated carbocycles. The quantitative estimate of drug-likeness (QED) is 0.686. The van der Waals surface area contributed by atoms with Crippen LogP contribution in [0.25, 0.3) is 22.6 Å². The molecule has 0 aliphatic heterocycles. The number of fused-ring (bicyclic) bond motifs is 2. The summed E-state index contributed by atoms with van der Waals surface area (Å²) in [7, 11) is 0. The van der Waals surface area contributed by atoms with Gasteiger partial charge in [0.2, 0.25) is 0 Å². The molecule has 0 unspecified atom stereocenters. The average Bonchev–Trinajstić information content (AvgIpc) is 2.72. The number of aryl methyl sites for hydroxylation is 1. The van der Waals surface area contributed by atoms with Crippen LogP contribution in [0.1, 0.15) is 45.6 Å². The van der Waals surface area contributed by atoms with E-state index in [1.807, 2.05) is 24.3 Å². The maximum absolute atomic E-state index is 12.9. The zero-order chi connectivity index (χ0) is 20.4. The summed E-state index contributed by atoms with van der Waals surface area (Å²) in [5, 5.41) is 0.734. The van der Waals surface area contributed by atoms with Gasteiger partial charge in [0.05, 0.1) is 16.8 Å². The highest BCUT2D eigenvalue weighted by atomic mass is 16.5. The Hall–Kier alpha value is -3.47. The van der Waals surface area contributed by atoms with Crippen molar-refractivity contribution in [3.8, 4) is 0 Å². The maximum atomic E-state index is 12.9. The molecule has 2 N–H and O–H groups in total. The van der Waals surface area contributed by atoms with Crippen LogP contribution in [0.15, 0.2) is 48.5 Å². The van der Waals surface area contributed by atoms with E-state index in [4.69, 9.17) is 15.5 Å². The Kier molecular flexibility index (Phi) is 5.12. The lowest BCUT2D eigenvalue weighted by Gasteiger charge is -2.22. The number of hydrogen-bond donors (Lipinski definition) is 1. The number of rotatable bonds is 4. The van der Waals surface area contributed by atoms with Crippen LogP contribution in [0, 0.1) is 6.92 Å². The minimum Gasteiger partial charge on any atom is -0.452 e. The van der Waals surface area contributed by atoms with Crippen molar-refractivity contribution in [1.82, 2.24) is 4.98 Å². The van der Waals surface area contributed by atoms with E-state index in [-0.39, 0.29) is 0 Å². The van der Waals surface area contributed by atoms with Gasteiger partial charge in [-0.05, 0) is 55.0 Å². The summed E-state index contributed by atoms with van der Waals surface area (Å²) in [6, 6.07) is 15.8. The molecular weight excluding hydrogens is 364 g/mol. The van der Waals surface area contributed by atoms with Crippen molar-refractivity contribution in [2.45, 2.75) is 26.2 Å². The van der Waals surface area contributed by atoms with E-state index in [0.717, 1.165) is 52.6 Å². The predicted octanol–water partition coefficient (Wildman–Crippen LogP) is 4.06. The van der Waals surface area contributed by atoms with Crippen molar-refractivity contribution in [3.63, 3.8) is 0 Å². The zero-order valence-corrected chi connectivity index (χ0v) is 16.3. The van der Waals surface area contributed by atoms with E-state index in [9.17, 15) is 9.59 Å². The van der Waals surface area contributed by atoms with Gasteiger partial charge in [0.1, 0.15) is 0 Å². The predicted molar refractivity (Wildman–Crippen MR) is 113 cm³/mol. The first kappa shape index (κ1) is 18.9. The fraction of sp³-hybridized carbons (Fsp3) is 0.208. The lowest BCUT2D eigenvalue weighted by molar-refractivity contribution is -0.121. The molecule has 0 fully saturated rings. The van der Waals surface area contributed by atoms with E-state index in [0.29, 0.717) is 5.56 Å². The summed E-state index contributed by atoms with van der Waals surface area (Å²) in [5.74, 6) is -1.21. The molecule has 0 saturated heterocycles. The number of allylic oxidation sites excluding steroid dienone is 1. The van der Waals surface area contributed by atoms with E-state index in [1.165, 1.54) is 5.56 Å². The van der Waals surface area contributed by atoms with E-state index in [2.05, 4.69) is 37.3 Å². The second-order valence-electron chi connectivity index (χ2n) is 7.31. The first-order valence-electron chi connectivity index (χ1n) is 9.67. The average molecular weight is 386 g/mol. The molecule has 2 aromatic carbocycles. The standard InChI is InChI=1S/C24H22N2O3/c1-15-9-11-16(12-10-15)13-17-5-4-7-19-22(24(28)29-14-21(25)27)18-6-2-3-8-20(18)26-23(17)19/h2-3,6,8-13H,4-5,7,14H2,1H3,(H2,25,27)/b17-13+. The topological polar surface area (TPSA) is 82.3 Å². The highest BCUT2D eigenvalue weighted by Crippen LogP contribution is 2.36. The fourth-order valence-corrected chi connectivity index (χ4v) is 3.78. The second-order valence-corrected chi connectivity index (χ2v) is 7.31. The Balaban J connectivity index is 1.87. The first-order chi connectivity index (χ1) is 14.0. The monoisotopic (exact) mass is 386 g/mol. The van der Waals surface area contributed by atoms with Crippen LogP contribution in [-0.4, -0.2) is 23.5 Å². The summed E-state index contributed by atoms with van der Waals surface area (Å²) < 4.78 is 5.17. The minimum absolute atomic E-state index is 0.434. The largest absolute Gasteiger partial charge is 0.452 e. The Bertz CT molecular complexity index is 1130. The minimum atomic E-state index is -0.675. The van der Waals surface area contributed by atoms with Gasteiger partial charge in [0.15, 0.2) is 6.61 Å². The fourth-order valence-electron chi connectivity index (χ4n) is 3.78. The number of carbonyl (C=O) groups is 2. The maximum Gasteiger partial charge on any atom is 0.339 e. The van der Waals surface area contributed by atoms with E-state index < -0.39 is 18.5 Å². The molecule has 0 radical (unpaired) electrons. The molecule has 1 aromatic heterocycles. The van der Waals surface area contributed by atoms with Crippen LogP contribution >= 0.6 is 0 Å². The van der Waals surface area contributed by atoms with Gasteiger partial charge in [-0.25, -0.2) is 9.78 Å². The zero-order valence-electron chi connectivity index (χ0n) is 16.3. The van der Waals surface area contributed by atoms with Crippen molar-refractivity contribution in [2.24, 2.45) is 5.73 Å². The molecule has 1 aliphatic rings. The molecule has 0 atom stereocenters. The number of primary amides is 1. The second kappa shape index (κ2) is 7.87. The summed E-state index contributed by atoms with van der Waals surface area (Å²) in [6.07, 6.45) is 4.68. The molecular formula is C24H22N2O3. The number of nitrogens with zero attached hydrogens (tertiary/aromatic N) is 1. The third-order valence-electron chi connectivity index (χ3n) is 5.14. The van der Waals surface area contributed by atoms with Crippen molar-refractivity contribution in [3.05, 3.63) is 76.5 Å². The van der Waals surface area contributed by atoms with Crippen molar-refractivity contribution in [2.75, 3.05) is 6.61 Å². The lowest BCUT2D eigenvalue weighted by Crippen LogP contribution is -2.22. The smallest absolute Gasteiger partial charge is 0.339 e. The van der Waals surface area contributed by atoms with E-state index >= 15 is 0 Å². The SMILES string of the molecule is Cc1ccc(/C=C2\CCCc3c2nc2ccccc2c3C(=O)OCC(N)=O)cc1. The molecule has 0 bridgehead atoms. The molecule has 1 heterocycles. The molecule has 4 rings (SSSR count). The highest BCUT2D eigenvalue weighted by Gasteiger charge is 2.26. The van der Waals surface area contributed by atoms with Crippen molar-refractivity contribution in [1.29, 1.82) is 0 Å². The number of nitrogens with two attached hydrogens (primary N) is 1. The van der Waals surface area contributed by atoms with Gasteiger partial charge in [-0.1, -0.05) is 48.0 Å². The third kappa shape index (κ3) is 3.90. The van der Waals surface area contributed by atoms with Crippen LogP contribution in [0.2, 0.25) is 0 Å². The van der Waals surface area contributed by atoms with Gasteiger partial charge < -0.3 is 10.5 Å². The number of pyridine rings is 1. The van der Waals surface area contributed by atoms with Gasteiger partial charge >= 0.3 is 5.97 Å². The van der Waals surface area contributed by atoms with Crippen LogP contribution in [0.5, 0.6) is 0 Å². The van der Waals surface area contributed by atoms with Gasteiger partial charge in [0.25, 0.3) is 5.91 Å². The van der Waals surface area contributed by atoms with Crippen molar-refractivity contribution < 1.29 is 14.3 Å². The molecule has 3 aromatic rings. The lowest BCUT2D eigenvalue weighted by atomic mass is 9.86. The highest BCUT2D eigenvalue weighted by molar-refractivity contribution is 6.07. The molecule has 146 valence electrons. The molecule has 0 spiro atoms. The summed E-state index contributed by atoms with van der Waals surface area (Å²) in [5.41, 5.74) is 11.5. The molecule has 1 aliphatic carbocycles. The number of para-hydroxylation sites is 1. The van der Waals surface area contributed by atoms with Crippen LogP contribution in [0.4, 0.5) is 0 Å². The Labute approximate surface area is 169 Å². The van der Waals surface area contributed by atoms with Gasteiger partial charge in [-0.3, -0.25) is 4.79 Å². The molecule has 29 heavy (non-hydrogen) atoms. The Morgan fingerprint density at radius 2 is 1.86 bits per heavy atom. The molecule has 5 nitrogen and oxygen atoms in total. The van der Waals surface area contributed by atoms with Crippen LogP contribution in [-0.2, 0) is 16.0 Å². The summed E-state index contributed by atoms with van der Waals surface area (Å²) in [6.45, 7) is 1.63. The van der Waals surface area contributed by atoms with E-state index in [1.54, 1.807) is 0 Å². The summed E-state index contributed by atoms with van der Waals surface area (Å²) in [4.78, 5) is 28.8. The first-order valence-corrected chi connectivity index (χ1v) is 9.67. The van der Waals surface area contributed by atoms with Gasteiger partial charge in [-0.15, -0.1) is 0 Å². The Morgan fingerprint density at radius 1 is 1.10 bits per heavy atom. The third-order valence-corrected chi connectivity index (χ3v) is 5.14. The molecule has 1 amide bonds. The number of aromatic nitrogens is 1. The number of benzene rings is 2. The Morgan fingerprint density at radius 3 is 2.62 bits per heavy atom. The van der Waals surface area contributed by atoms with Crippen LogP contribution < -0.4 is 5.73 Å².